The largest absolute Gasteiger partial charge is 0.493 e. The minimum absolute atomic E-state index is 0.00546. The van der Waals surface area contributed by atoms with Crippen molar-refractivity contribution in [2.75, 3.05) is 20.2 Å². The molecule has 0 amide bonds. The van der Waals surface area contributed by atoms with Gasteiger partial charge in [0.15, 0.2) is 5.82 Å². The summed E-state index contributed by atoms with van der Waals surface area (Å²) in [4.78, 5) is 0. The van der Waals surface area contributed by atoms with Crippen molar-refractivity contribution in [3.63, 3.8) is 0 Å². The molecule has 146 valence electrons. The molecule has 1 aliphatic rings. The molecule has 0 bridgehead atoms. The van der Waals surface area contributed by atoms with E-state index in [1.807, 2.05) is 32.2 Å². The molecular weight excluding hydrogens is 418 g/mol. The summed E-state index contributed by atoms with van der Waals surface area (Å²) < 4.78 is 9.27. The number of fused-ring (bicyclic) bond motifs is 3. The molecule has 7 heteroatoms. The summed E-state index contributed by atoms with van der Waals surface area (Å²) in [5.41, 5.74) is 3.37. The summed E-state index contributed by atoms with van der Waals surface area (Å²) in [6, 6.07) is 14.6. The predicted octanol–water partition coefficient (Wildman–Crippen LogP) is 3.38. The molecule has 0 aliphatic carbocycles. The summed E-state index contributed by atoms with van der Waals surface area (Å²) in [5, 5.41) is 15.8. The molecule has 1 aliphatic heterocycles. The summed E-state index contributed by atoms with van der Waals surface area (Å²) in [7, 11) is 1.95. The van der Waals surface area contributed by atoms with E-state index < -0.39 is 0 Å². The Kier molecular flexibility index (Phi) is 5.75. The zero-order valence-electron chi connectivity index (χ0n) is 16.1. The van der Waals surface area contributed by atoms with Gasteiger partial charge in [-0.3, -0.25) is 9.88 Å². The van der Waals surface area contributed by atoms with Crippen molar-refractivity contribution in [1.82, 2.24) is 25.4 Å². The third kappa shape index (κ3) is 3.57. The van der Waals surface area contributed by atoms with Crippen LogP contribution in [0.3, 0.4) is 0 Å². The van der Waals surface area contributed by atoms with Crippen LogP contribution in [0.25, 0.3) is 5.69 Å². The third-order valence-corrected chi connectivity index (χ3v) is 5.41. The molecule has 0 saturated carbocycles. The number of nitrogens with one attached hydrogen (secondary N) is 2. The molecule has 0 fully saturated rings. The molecule has 2 aromatic carbocycles. The van der Waals surface area contributed by atoms with E-state index in [1.165, 1.54) is 5.56 Å². The van der Waals surface area contributed by atoms with Gasteiger partial charge in [-0.1, -0.05) is 34.1 Å². The predicted molar refractivity (Wildman–Crippen MR) is 113 cm³/mol. The first-order chi connectivity index (χ1) is 13.7. The highest BCUT2D eigenvalue weighted by molar-refractivity contribution is 9.10. The Morgan fingerprint density at radius 2 is 2.11 bits per heavy atom. The topological polar surface area (TPSA) is 64.0 Å². The average Bonchev–Trinajstić information content (AvgIpc) is 3.02. The number of hydrogen-bond acceptors (Lipinski definition) is 5. The van der Waals surface area contributed by atoms with Gasteiger partial charge < -0.3 is 10.1 Å². The molecule has 0 spiro atoms. The van der Waals surface area contributed by atoms with Crippen molar-refractivity contribution in [2.45, 2.75) is 25.9 Å². The Balaban J connectivity index is 1.91. The van der Waals surface area contributed by atoms with E-state index in [0.717, 1.165) is 46.1 Å². The maximum Gasteiger partial charge on any atom is 0.151 e. The van der Waals surface area contributed by atoms with Gasteiger partial charge in [-0.05, 0) is 43.8 Å². The Hall–Kier alpha value is -2.22. The smallest absolute Gasteiger partial charge is 0.151 e. The van der Waals surface area contributed by atoms with Gasteiger partial charge >= 0.3 is 0 Å². The fraction of sp³-hybridized carbons (Fsp3) is 0.333. The number of ether oxygens (including phenoxy) is 1. The van der Waals surface area contributed by atoms with Crippen molar-refractivity contribution in [3.8, 4) is 11.4 Å². The molecule has 3 aromatic rings. The second-order valence-corrected chi connectivity index (χ2v) is 7.63. The molecule has 4 rings (SSSR count). The molecule has 0 saturated heterocycles. The van der Waals surface area contributed by atoms with Crippen LogP contribution in [0, 0.1) is 0 Å². The van der Waals surface area contributed by atoms with Crippen molar-refractivity contribution in [1.29, 1.82) is 0 Å². The third-order valence-electron chi connectivity index (χ3n) is 4.91. The fourth-order valence-corrected chi connectivity index (χ4v) is 4.13. The lowest BCUT2D eigenvalue weighted by atomic mass is 9.96. The first-order valence-electron chi connectivity index (χ1n) is 9.55. The van der Waals surface area contributed by atoms with Gasteiger partial charge in [0.05, 0.1) is 24.9 Å². The van der Waals surface area contributed by atoms with Crippen molar-refractivity contribution < 1.29 is 4.74 Å². The maximum absolute atomic E-state index is 6.04. The summed E-state index contributed by atoms with van der Waals surface area (Å²) in [6.45, 7) is 4.11. The van der Waals surface area contributed by atoms with E-state index in [4.69, 9.17) is 4.74 Å². The number of benzene rings is 2. The van der Waals surface area contributed by atoms with Crippen LogP contribution in [0.1, 0.15) is 35.7 Å². The second kappa shape index (κ2) is 8.43. The maximum atomic E-state index is 6.04. The number of halogens is 1. The van der Waals surface area contributed by atoms with Gasteiger partial charge in [0, 0.05) is 23.0 Å². The zero-order chi connectivity index (χ0) is 19.5. The number of likely N-dealkylation sites (N-methyl/N-ethyl adjacent to an activating group) is 1. The summed E-state index contributed by atoms with van der Waals surface area (Å²) in [6.07, 6.45) is 0.809. The molecule has 1 unspecified atom stereocenters. The SMILES string of the molecule is CCOc1cccc2c1C(c1cccc(Br)c1)NCc1nnc(CCNC)n1-2. The van der Waals surface area contributed by atoms with E-state index in [9.17, 15) is 0 Å². The van der Waals surface area contributed by atoms with E-state index >= 15 is 0 Å². The normalized spacial score (nSPS) is 15.6. The van der Waals surface area contributed by atoms with Crippen molar-refractivity contribution in [2.24, 2.45) is 0 Å². The number of rotatable bonds is 6. The monoisotopic (exact) mass is 441 g/mol. The van der Waals surface area contributed by atoms with E-state index in [0.29, 0.717) is 13.2 Å². The highest BCUT2D eigenvalue weighted by Gasteiger charge is 2.29. The van der Waals surface area contributed by atoms with Crippen LogP contribution in [0.4, 0.5) is 0 Å². The van der Waals surface area contributed by atoms with Crippen molar-refractivity contribution >= 4 is 15.9 Å². The van der Waals surface area contributed by atoms with Gasteiger partial charge in [-0.25, -0.2) is 0 Å². The standard InChI is InChI=1S/C21H24BrN5O/c1-3-28-17-9-5-8-16-20(17)21(14-6-4-7-15(22)12-14)24-13-19-26-25-18(27(16)19)10-11-23-2/h4-9,12,21,23-24H,3,10-11,13H2,1-2H3. The van der Waals surface area contributed by atoms with Crippen LogP contribution in [0.2, 0.25) is 0 Å². The average molecular weight is 442 g/mol. The highest BCUT2D eigenvalue weighted by Crippen LogP contribution is 2.38. The molecule has 0 radical (unpaired) electrons. The molecule has 1 aromatic heterocycles. The van der Waals surface area contributed by atoms with Crippen LogP contribution in [0.15, 0.2) is 46.9 Å². The minimum atomic E-state index is -0.00546. The Bertz CT molecular complexity index is 971. The fourth-order valence-electron chi connectivity index (χ4n) is 3.71. The molecule has 6 nitrogen and oxygen atoms in total. The van der Waals surface area contributed by atoms with Gasteiger partial charge in [0.1, 0.15) is 11.6 Å². The minimum Gasteiger partial charge on any atom is -0.493 e. The first-order valence-corrected chi connectivity index (χ1v) is 10.3. The summed E-state index contributed by atoms with van der Waals surface area (Å²) in [5.74, 6) is 2.76. The number of aromatic nitrogens is 3. The van der Waals surface area contributed by atoms with Crippen LogP contribution < -0.4 is 15.4 Å². The lowest BCUT2D eigenvalue weighted by molar-refractivity contribution is 0.333. The van der Waals surface area contributed by atoms with Crippen LogP contribution in [-0.4, -0.2) is 35.0 Å². The van der Waals surface area contributed by atoms with Gasteiger partial charge in [-0.15, -0.1) is 10.2 Å². The highest BCUT2D eigenvalue weighted by atomic mass is 79.9. The molecule has 28 heavy (non-hydrogen) atoms. The van der Waals surface area contributed by atoms with Crippen LogP contribution in [-0.2, 0) is 13.0 Å². The Labute approximate surface area is 173 Å². The van der Waals surface area contributed by atoms with E-state index in [-0.39, 0.29) is 6.04 Å². The first kappa shape index (κ1) is 19.1. The van der Waals surface area contributed by atoms with E-state index in [1.54, 1.807) is 0 Å². The van der Waals surface area contributed by atoms with Gasteiger partial charge in [0.25, 0.3) is 0 Å². The Morgan fingerprint density at radius 1 is 1.25 bits per heavy atom. The molecular formula is C21H24BrN5O. The summed E-state index contributed by atoms with van der Waals surface area (Å²) >= 11 is 3.60. The second-order valence-electron chi connectivity index (χ2n) is 6.71. The van der Waals surface area contributed by atoms with Crippen LogP contribution in [0.5, 0.6) is 5.75 Å². The van der Waals surface area contributed by atoms with Gasteiger partial charge in [-0.2, -0.15) is 0 Å². The molecule has 1 atom stereocenters. The zero-order valence-corrected chi connectivity index (χ0v) is 17.7. The number of nitrogens with zero attached hydrogens (tertiary/aromatic N) is 3. The lowest BCUT2D eigenvalue weighted by Crippen LogP contribution is -2.22. The number of hydrogen-bond donors (Lipinski definition) is 2. The quantitative estimate of drug-likeness (QED) is 0.613. The molecule has 2 heterocycles. The van der Waals surface area contributed by atoms with Crippen LogP contribution >= 0.6 is 15.9 Å². The Morgan fingerprint density at radius 3 is 2.89 bits per heavy atom. The van der Waals surface area contributed by atoms with Gasteiger partial charge in [0.2, 0.25) is 0 Å². The molecule has 2 N–H and O–H groups in total. The lowest BCUT2D eigenvalue weighted by Gasteiger charge is -2.23. The van der Waals surface area contributed by atoms with E-state index in [2.05, 4.69) is 65.6 Å². The van der Waals surface area contributed by atoms with Crippen molar-refractivity contribution in [3.05, 3.63) is 69.7 Å².